The first-order valence-electron chi connectivity index (χ1n) is 6.84. The van der Waals surface area contributed by atoms with Gasteiger partial charge in [0.25, 0.3) is 0 Å². The third-order valence-corrected chi connectivity index (χ3v) is 5.11. The molecule has 3 rings (SSSR count). The molecule has 2 heteroatoms. The van der Waals surface area contributed by atoms with Gasteiger partial charge in [0.2, 0.25) is 0 Å². The molecular formula is C14H23NO. The molecule has 3 unspecified atom stereocenters. The van der Waals surface area contributed by atoms with Crippen molar-refractivity contribution in [2.45, 2.75) is 45.1 Å². The SMILES string of the molecule is CC1=C(CO)CC2CCCN3CCCC1C23. The Hall–Kier alpha value is -0.340. The molecule has 90 valence electrons. The van der Waals surface area contributed by atoms with Crippen LogP contribution in [0.4, 0.5) is 0 Å². The second kappa shape index (κ2) is 4.15. The van der Waals surface area contributed by atoms with Crippen molar-refractivity contribution < 1.29 is 5.11 Å². The maximum absolute atomic E-state index is 9.48. The van der Waals surface area contributed by atoms with Crippen LogP contribution in [-0.4, -0.2) is 35.7 Å². The van der Waals surface area contributed by atoms with Crippen LogP contribution >= 0.6 is 0 Å². The van der Waals surface area contributed by atoms with Crippen molar-refractivity contribution in [1.82, 2.24) is 4.90 Å². The Morgan fingerprint density at radius 1 is 1.25 bits per heavy atom. The van der Waals surface area contributed by atoms with E-state index < -0.39 is 0 Å². The van der Waals surface area contributed by atoms with Gasteiger partial charge in [-0.25, -0.2) is 0 Å². The maximum Gasteiger partial charge on any atom is 0.0644 e. The fourth-order valence-electron chi connectivity index (χ4n) is 4.33. The van der Waals surface area contributed by atoms with Crippen LogP contribution < -0.4 is 0 Å². The molecule has 2 nitrogen and oxygen atoms in total. The highest BCUT2D eigenvalue weighted by atomic mass is 16.3. The second-order valence-corrected chi connectivity index (χ2v) is 5.83. The number of nitrogens with zero attached hydrogens (tertiary/aromatic N) is 1. The summed E-state index contributed by atoms with van der Waals surface area (Å²) in [6.45, 7) is 5.20. The lowest BCUT2D eigenvalue weighted by Gasteiger charge is -2.52. The van der Waals surface area contributed by atoms with E-state index in [1.807, 2.05) is 0 Å². The van der Waals surface area contributed by atoms with Crippen molar-refractivity contribution in [3.8, 4) is 0 Å². The molecule has 0 radical (unpaired) electrons. The van der Waals surface area contributed by atoms with Gasteiger partial charge in [0, 0.05) is 6.04 Å². The first-order chi connectivity index (χ1) is 7.81. The van der Waals surface area contributed by atoms with E-state index >= 15 is 0 Å². The van der Waals surface area contributed by atoms with Crippen LogP contribution in [0.1, 0.15) is 39.0 Å². The minimum atomic E-state index is 0.297. The van der Waals surface area contributed by atoms with E-state index in [9.17, 15) is 5.11 Å². The largest absolute Gasteiger partial charge is 0.392 e. The standard InChI is InChI=1S/C14H23NO/c1-10-12(9-16)8-11-4-2-6-15-7-3-5-13(10)14(11)15/h11,13-14,16H,2-9H2,1H3. The molecule has 2 aliphatic heterocycles. The van der Waals surface area contributed by atoms with Crippen LogP contribution in [0.5, 0.6) is 0 Å². The first kappa shape index (κ1) is 10.8. The average molecular weight is 221 g/mol. The lowest BCUT2D eigenvalue weighted by molar-refractivity contribution is 0.0189. The molecular weight excluding hydrogens is 198 g/mol. The topological polar surface area (TPSA) is 23.5 Å². The summed E-state index contributed by atoms with van der Waals surface area (Å²) in [4.78, 5) is 2.74. The summed E-state index contributed by atoms with van der Waals surface area (Å²) in [5, 5.41) is 9.48. The van der Waals surface area contributed by atoms with Gasteiger partial charge in [-0.1, -0.05) is 5.57 Å². The molecule has 0 aromatic carbocycles. The summed E-state index contributed by atoms with van der Waals surface area (Å²) in [5.41, 5.74) is 2.88. The van der Waals surface area contributed by atoms with Gasteiger partial charge in [-0.2, -0.15) is 0 Å². The molecule has 1 aliphatic carbocycles. The zero-order chi connectivity index (χ0) is 11.1. The van der Waals surface area contributed by atoms with E-state index in [0.717, 1.165) is 17.9 Å². The predicted octanol–water partition coefficient (Wildman–Crippen LogP) is 2.19. The Labute approximate surface area is 98.3 Å². The van der Waals surface area contributed by atoms with Crippen LogP contribution in [0.3, 0.4) is 0 Å². The van der Waals surface area contributed by atoms with Crippen LogP contribution in [-0.2, 0) is 0 Å². The number of aliphatic hydroxyl groups is 1. The van der Waals surface area contributed by atoms with Crippen LogP contribution in [0.25, 0.3) is 0 Å². The van der Waals surface area contributed by atoms with Crippen molar-refractivity contribution in [1.29, 1.82) is 0 Å². The summed E-state index contributed by atoms with van der Waals surface area (Å²) < 4.78 is 0. The van der Waals surface area contributed by atoms with Gasteiger partial charge < -0.3 is 5.11 Å². The van der Waals surface area contributed by atoms with E-state index in [4.69, 9.17) is 0 Å². The lowest BCUT2D eigenvalue weighted by Crippen LogP contribution is -2.54. The van der Waals surface area contributed by atoms with E-state index in [0.29, 0.717) is 6.61 Å². The van der Waals surface area contributed by atoms with E-state index in [1.165, 1.54) is 56.3 Å². The van der Waals surface area contributed by atoms with Gasteiger partial charge >= 0.3 is 0 Å². The Morgan fingerprint density at radius 3 is 2.75 bits per heavy atom. The van der Waals surface area contributed by atoms with Crippen molar-refractivity contribution in [3.05, 3.63) is 11.1 Å². The molecule has 0 aromatic rings. The normalized spacial score (nSPS) is 39.8. The van der Waals surface area contributed by atoms with Gasteiger partial charge in [-0.05, 0) is 69.5 Å². The Bertz CT molecular complexity index is 308. The number of rotatable bonds is 1. The number of aliphatic hydroxyl groups excluding tert-OH is 1. The van der Waals surface area contributed by atoms with Crippen LogP contribution in [0.2, 0.25) is 0 Å². The molecule has 2 saturated heterocycles. The number of hydrogen-bond donors (Lipinski definition) is 1. The molecule has 0 amide bonds. The molecule has 16 heavy (non-hydrogen) atoms. The highest BCUT2D eigenvalue weighted by molar-refractivity contribution is 5.24. The zero-order valence-electron chi connectivity index (χ0n) is 10.3. The van der Waals surface area contributed by atoms with Crippen molar-refractivity contribution in [2.24, 2.45) is 11.8 Å². The predicted molar refractivity (Wildman–Crippen MR) is 65.2 cm³/mol. The summed E-state index contributed by atoms with van der Waals surface area (Å²) in [7, 11) is 0. The molecule has 2 fully saturated rings. The summed E-state index contributed by atoms with van der Waals surface area (Å²) >= 11 is 0. The average Bonchev–Trinajstić information content (AvgIpc) is 2.33. The molecule has 2 heterocycles. The van der Waals surface area contributed by atoms with E-state index in [2.05, 4.69) is 11.8 Å². The van der Waals surface area contributed by atoms with Gasteiger partial charge in [0.15, 0.2) is 0 Å². The third-order valence-electron chi connectivity index (χ3n) is 5.11. The fourth-order valence-corrected chi connectivity index (χ4v) is 4.33. The lowest BCUT2D eigenvalue weighted by atomic mass is 9.67. The summed E-state index contributed by atoms with van der Waals surface area (Å²) in [5.74, 6) is 1.60. The van der Waals surface area contributed by atoms with E-state index in [-0.39, 0.29) is 0 Å². The second-order valence-electron chi connectivity index (χ2n) is 5.83. The molecule has 0 bridgehead atoms. The summed E-state index contributed by atoms with van der Waals surface area (Å²) in [6, 6.07) is 0.817. The molecule has 1 N–H and O–H groups in total. The highest BCUT2D eigenvalue weighted by Crippen LogP contribution is 2.45. The molecule has 0 aromatic heterocycles. The van der Waals surface area contributed by atoms with Crippen LogP contribution in [0, 0.1) is 11.8 Å². The molecule has 3 atom stereocenters. The zero-order valence-corrected chi connectivity index (χ0v) is 10.3. The van der Waals surface area contributed by atoms with Crippen molar-refractivity contribution in [3.63, 3.8) is 0 Å². The highest BCUT2D eigenvalue weighted by Gasteiger charge is 2.43. The van der Waals surface area contributed by atoms with Crippen molar-refractivity contribution in [2.75, 3.05) is 19.7 Å². The maximum atomic E-state index is 9.48. The van der Waals surface area contributed by atoms with Crippen molar-refractivity contribution >= 4 is 0 Å². The molecule has 0 spiro atoms. The summed E-state index contributed by atoms with van der Waals surface area (Å²) in [6.07, 6.45) is 6.62. The van der Waals surface area contributed by atoms with Gasteiger partial charge in [-0.15, -0.1) is 0 Å². The first-order valence-corrected chi connectivity index (χ1v) is 6.84. The minimum absolute atomic E-state index is 0.297. The smallest absolute Gasteiger partial charge is 0.0644 e. The van der Waals surface area contributed by atoms with Gasteiger partial charge in [0.1, 0.15) is 0 Å². The Balaban J connectivity index is 1.94. The monoisotopic (exact) mass is 221 g/mol. The number of piperidine rings is 2. The van der Waals surface area contributed by atoms with Crippen LogP contribution in [0.15, 0.2) is 11.1 Å². The molecule has 0 saturated carbocycles. The number of hydrogen-bond acceptors (Lipinski definition) is 2. The fraction of sp³-hybridized carbons (Fsp3) is 0.857. The Kier molecular flexibility index (Phi) is 2.80. The van der Waals surface area contributed by atoms with E-state index in [1.54, 1.807) is 0 Å². The third kappa shape index (κ3) is 1.54. The van der Waals surface area contributed by atoms with Gasteiger partial charge in [0.05, 0.1) is 6.61 Å². The quantitative estimate of drug-likeness (QED) is 0.686. The molecule has 3 aliphatic rings. The minimum Gasteiger partial charge on any atom is -0.392 e. The van der Waals surface area contributed by atoms with Gasteiger partial charge in [-0.3, -0.25) is 4.90 Å². The Morgan fingerprint density at radius 2 is 2.00 bits per heavy atom.